The van der Waals surface area contributed by atoms with E-state index in [9.17, 15) is 13.6 Å². The normalized spacial score (nSPS) is 12.6. The highest BCUT2D eigenvalue weighted by Gasteiger charge is 2.19. The van der Waals surface area contributed by atoms with Crippen molar-refractivity contribution in [2.45, 2.75) is 19.9 Å². The molecule has 4 nitrogen and oxygen atoms in total. The van der Waals surface area contributed by atoms with E-state index >= 15 is 0 Å². The van der Waals surface area contributed by atoms with Crippen molar-refractivity contribution in [2.75, 3.05) is 12.3 Å². The number of hydrogen-bond donors (Lipinski definition) is 3. The zero-order chi connectivity index (χ0) is 13.9. The number of benzene rings is 1. The van der Waals surface area contributed by atoms with Gasteiger partial charge in [-0.3, -0.25) is 4.79 Å². The highest BCUT2D eigenvalue weighted by Crippen LogP contribution is 2.17. The van der Waals surface area contributed by atoms with Crippen LogP contribution in [0.2, 0.25) is 0 Å². The summed E-state index contributed by atoms with van der Waals surface area (Å²) in [4.78, 5) is 11.8. The molecule has 0 saturated heterocycles. The lowest BCUT2D eigenvalue weighted by molar-refractivity contribution is 0.0897. The van der Waals surface area contributed by atoms with E-state index in [2.05, 4.69) is 5.32 Å². The molecule has 4 N–H and O–H groups in total. The summed E-state index contributed by atoms with van der Waals surface area (Å²) in [7, 11) is 0. The minimum Gasteiger partial charge on any atom is -0.398 e. The molecule has 0 heterocycles. The first-order valence-electron chi connectivity index (χ1n) is 5.53. The molecule has 1 aromatic carbocycles. The Morgan fingerprint density at radius 3 is 2.44 bits per heavy atom. The Labute approximate surface area is 104 Å². The van der Waals surface area contributed by atoms with E-state index in [0.29, 0.717) is 0 Å². The van der Waals surface area contributed by atoms with Crippen LogP contribution in [0.4, 0.5) is 14.5 Å². The smallest absolute Gasteiger partial charge is 0.253 e. The minimum atomic E-state index is -1.14. The predicted molar refractivity (Wildman–Crippen MR) is 63.9 cm³/mol. The molecule has 0 saturated carbocycles. The van der Waals surface area contributed by atoms with Gasteiger partial charge in [0.1, 0.15) is 0 Å². The van der Waals surface area contributed by atoms with Gasteiger partial charge in [-0.2, -0.15) is 0 Å². The Balaban J connectivity index is 2.94. The molecule has 6 heteroatoms. The second kappa shape index (κ2) is 5.77. The van der Waals surface area contributed by atoms with Crippen LogP contribution in [0.1, 0.15) is 24.2 Å². The topological polar surface area (TPSA) is 75.3 Å². The molecule has 1 unspecified atom stereocenters. The van der Waals surface area contributed by atoms with Crippen molar-refractivity contribution in [1.29, 1.82) is 0 Å². The first-order valence-corrected chi connectivity index (χ1v) is 5.53. The van der Waals surface area contributed by atoms with Gasteiger partial charge in [-0.05, 0) is 12.0 Å². The number of aliphatic hydroxyl groups excluding tert-OH is 1. The number of nitrogens with two attached hydrogens (primary N) is 1. The van der Waals surface area contributed by atoms with Crippen LogP contribution in [-0.4, -0.2) is 23.7 Å². The van der Waals surface area contributed by atoms with Crippen LogP contribution < -0.4 is 11.1 Å². The molecular formula is C12H16F2N2O2. The number of rotatable bonds is 4. The molecular weight excluding hydrogens is 242 g/mol. The number of carbonyl (C=O) groups excluding carboxylic acids is 1. The molecule has 0 spiro atoms. The number of nitrogen functional groups attached to an aromatic ring is 1. The third kappa shape index (κ3) is 3.16. The molecule has 0 aromatic heterocycles. The monoisotopic (exact) mass is 258 g/mol. The van der Waals surface area contributed by atoms with Gasteiger partial charge in [0.2, 0.25) is 0 Å². The molecule has 1 aromatic rings. The van der Waals surface area contributed by atoms with Gasteiger partial charge in [0.25, 0.3) is 5.91 Å². The van der Waals surface area contributed by atoms with Crippen molar-refractivity contribution in [1.82, 2.24) is 5.32 Å². The molecule has 100 valence electrons. The summed E-state index contributed by atoms with van der Waals surface area (Å²) in [6.07, 6.45) is 0. The molecule has 1 atom stereocenters. The lowest BCUT2D eigenvalue weighted by Crippen LogP contribution is -2.41. The molecule has 1 amide bonds. The number of nitrogens with one attached hydrogen (secondary N) is 1. The van der Waals surface area contributed by atoms with E-state index in [1.807, 2.05) is 13.8 Å². The third-order valence-corrected chi connectivity index (χ3v) is 2.65. The van der Waals surface area contributed by atoms with E-state index in [1.165, 1.54) is 0 Å². The highest BCUT2D eigenvalue weighted by atomic mass is 19.2. The first-order chi connectivity index (χ1) is 8.36. The molecule has 0 bridgehead atoms. The number of carbonyl (C=O) groups is 1. The predicted octanol–water partition coefficient (Wildman–Crippen LogP) is 1.29. The molecule has 0 radical (unpaired) electrons. The van der Waals surface area contributed by atoms with Crippen molar-refractivity contribution in [2.24, 2.45) is 5.92 Å². The summed E-state index contributed by atoms with van der Waals surface area (Å²) in [5.41, 5.74) is 5.16. The van der Waals surface area contributed by atoms with Gasteiger partial charge in [-0.25, -0.2) is 8.78 Å². The zero-order valence-electron chi connectivity index (χ0n) is 10.2. The van der Waals surface area contributed by atoms with Crippen molar-refractivity contribution in [3.05, 3.63) is 29.3 Å². The average Bonchev–Trinajstić information content (AvgIpc) is 2.29. The van der Waals surface area contributed by atoms with E-state index < -0.39 is 23.6 Å². The van der Waals surface area contributed by atoms with E-state index in [4.69, 9.17) is 10.8 Å². The quantitative estimate of drug-likeness (QED) is 0.712. The maximum absolute atomic E-state index is 13.0. The molecule has 0 aliphatic heterocycles. The van der Waals surface area contributed by atoms with Crippen LogP contribution in [-0.2, 0) is 0 Å². The maximum Gasteiger partial charge on any atom is 0.253 e. The fourth-order valence-corrected chi connectivity index (χ4v) is 1.43. The molecule has 0 aliphatic carbocycles. The molecule has 1 rings (SSSR count). The molecule has 0 aliphatic rings. The summed E-state index contributed by atoms with van der Waals surface area (Å²) in [6.45, 7) is 3.39. The van der Waals surface area contributed by atoms with Gasteiger partial charge in [0.15, 0.2) is 11.6 Å². The second-order valence-electron chi connectivity index (χ2n) is 4.36. The van der Waals surface area contributed by atoms with Crippen LogP contribution in [0.15, 0.2) is 12.1 Å². The van der Waals surface area contributed by atoms with Crippen molar-refractivity contribution < 1.29 is 18.7 Å². The van der Waals surface area contributed by atoms with E-state index in [1.54, 1.807) is 0 Å². The Morgan fingerprint density at radius 1 is 1.39 bits per heavy atom. The standard InChI is InChI=1S/C12H16F2N2O2/c1-6(2)11(5-17)16-12(18)7-3-8(13)9(14)4-10(7)15/h3-4,6,11,17H,5,15H2,1-2H3,(H,16,18). The van der Waals surface area contributed by atoms with E-state index in [-0.39, 0.29) is 23.8 Å². The van der Waals surface area contributed by atoms with Crippen LogP contribution in [0.5, 0.6) is 0 Å². The van der Waals surface area contributed by atoms with Gasteiger partial charge in [0, 0.05) is 11.8 Å². The van der Waals surface area contributed by atoms with Crippen molar-refractivity contribution in [3.8, 4) is 0 Å². The SMILES string of the molecule is CC(C)C(CO)NC(=O)c1cc(F)c(F)cc1N. The van der Waals surface area contributed by atoms with E-state index in [0.717, 1.165) is 12.1 Å². The lowest BCUT2D eigenvalue weighted by Gasteiger charge is -2.20. The molecule has 0 fully saturated rings. The first kappa shape index (κ1) is 14.4. The summed E-state index contributed by atoms with van der Waals surface area (Å²) in [5.74, 6) is -2.88. The highest BCUT2D eigenvalue weighted by molar-refractivity contribution is 5.99. The summed E-state index contributed by atoms with van der Waals surface area (Å²) >= 11 is 0. The summed E-state index contributed by atoms with van der Waals surface area (Å²) < 4.78 is 25.9. The van der Waals surface area contributed by atoms with Gasteiger partial charge in [0.05, 0.1) is 18.2 Å². The van der Waals surface area contributed by atoms with Gasteiger partial charge >= 0.3 is 0 Å². The van der Waals surface area contributed by atoms with Crippen LogP contribution >= 0.6 is 0 Å². The number of aliphatic hydroxyl groups is 1. The Morgan fingerprint density at radius 2 is 1.94 bits per heavy atom. The average molecular weight is 258 g/mol. The van der Waals surface area contributed by atoms with Crippen LogP contribution in [0.3, 0.4) is 0 Å². The largest absolute Gasteiger partial charge is 0.398 e. The van der Waals surface area contributed by atoms with Crippen molar-refractivity contribution >= 4 is 11.6 Å². The molecule has 18 heavy (non-hydrogen) atoms. The summed E-state index contributed by atoms with van der Waals surface area (Å²) in [6, 6.07) is 1.03. The van der Waals surface area contributed by atoms with Crippen LogP contribution in [0.25, 0.3) is 0 Å². The fourth-order valence-electron chi connectivity index (χ4n) is 1.43. The Hall–Kier alpha value is -1.69. The zero-order valence-corrected chi connectivity index (χ0v) is 10.2. The lowest BCUT2D eigenvalue weighted by atomic mass is 10.0. The maximum atomic E-state index is 13.0. The summed E-state index contributed by atoms with van der Waals surface area (Å²) in [5, 5.41) is 11.6. The number of halogens is 2. The number of amides is 1. The third-order valence-electron chi connectivity index (χ3n) is 2.65. The fraction of sp³-hybridized carbons (Fsp3) is 0.417. The Kier molecular flexibility index (Phi) is 4.61. The number of hydrogen-bond acceptors (Lipinski definition) is 3. The van der Waals surface area contributed by atoms with Crippen LogP contribution in [0, 0.1) is 17.6 Å². The second-order valence-corrected chi connectivity index (χ2v) is 4.36. The van der Waals surface area contributed by atoms with Gasteiger partial charge in [-0.15, -0.1) is 0 Å². The van der Waals surface area contributed by atoms with Gasteiger partial charge in [-0.1, -0.05) is 13.8 Å². The van der Waals surface area contributed by atoms with Gasteiger partial charge < -0.3 is 16.2 Å². The Bertz CT molecular complexity index is 450. The number of anilines is 1. The minimum absolute atomic E-state index is 0.00506. The van der Waals surface area contributed by atoms with Crippen molar-refractivity contribution in [3.63, 3.8) is 0 Å².